The van der Waals surface area contributed by atoms with Crippen molar-refractivity contribution in [3.63, 3.8) is 0 Å². The Bertz CT molecular complexity index is 480. The van der Waals surface area contributed by atoms with Crippen molar-refractivity contribution in [1.29, 1.82) is 0 Å². The molecule has 0 bridgehead atoms. The lowest BCUT2D eigenvalue weighted by atomic mass is 10.2. The Morgan fingerprint density at radius 1 is 1.21 bits per heavy atom. The van der Waals surface area contributed by atoms with Crippen LogP contribution in [0.25, 0.3) is 10.9 Å². The first-order valence-corrected chi connectivity index (χ1v) is 5.37. The molecule has 5 heteroatoms. The number of halogens is 2. The Morgan fingerprint density at radius 3 is 2.50 bits per heavy atom. The molecule has 0 radical (unpaired) electrons. The van der Waals surface area contributed by atoms with E-state index in [-0.39, 0.29) is 5.69 Å². The molecular formula is C9H5Br2NO2. The molecule has 2 rings (SSSR count). The van der Waals surface area contributed by atoms with Crippen molar-refractivity contribution >= 4 is 48.7 Å². The zero-order chi connectivity index (χ0) is 10.3. The summed E-state index contributed by atoms with van der Waals surface area (Å²) < 4.78 is 1.80. The van der Waals surface area contributed by atoms with E-state index in [2.05, 4.69) is 36.8 Å². The normalized spacial score (nSPS) is 10.7. The van der Waals surface area contributed by atoms with Crippen LogP contribution in [0, 0.1) is 0 Å². The molecule has 14 heavy (non-hydrogen) atoms. The molecule has 72 valence electrons. The second-order valence-corrected chi connectivity index (χ2v) is 4.55. The number of benzene rings is 1. The van der Waals surface area contributed by atoms with E-state index in [0.717, 1.165) is 19.8 Å². The van der Waals surface area contributed by atoms with Crippen LogP contribution >= 0.6 is 31.9 Å². The molecule has 2 N–H and O–H groups in total. The van der Waals surface area contributed by atoms with Gasteiger partial charge in [0.15, 0.2) is 0 Å². The van der Waals surface area contributed by atoms with E-state index in [4.69, 9.17) is 5.11 Å². The van der Waals surface area contributed by atoms with E-state index < -0.39 is 5.97 Å². The van der Waals surface area contributed by atoms with Crippen LogP contribution in [0.3, 0.4) is 0 Å². The highest BCUT2D eigenvalue weighted by Gasteiger charge is 2.08. The first-order chi connectivity index (χ1) is 6.58. The Morgan fingerprint density at radius 2 is 1.86 bits per heavy atom. The summed E-state index contributed by atoms with van der Waals surface area (Å²) in [6.07, 6.45) is 0. The van der Waals surface area contributed by atoms with Gasteiger partial charge in [0.2, 0.25) is 0 Å². The fourth-order valence-corrected chi connectivity index (χ4v) is 1.95. The number of aromatic carboxylic acids is 1. The average Bonchev–Trinajstić information content (AvgIpc) is 2.48. The van der Waals surface area contributed by atoms with E-state index in [0.29, 0.717) is 0 Å². The highest BCUT2D eigenvalue weighted by atomic mass is 79.9. The number of H-pyrrole nitrogens is 1. The summed E-state index contributed by atoms with van der Waals surface area (Å²) in [7, 11) is 0. The summed E-state index contributed by atoms with van der Waals surface area (Å²) >= 11 is 6.70. The molecule has 1 aromatic heterocycles. The minimum Gasteiger partial charge on any atom is -0.477 e. The van der Waals surface area contributed by atoms with Crippen molar-refractivity contribution in [2.45, 2.75) is 0 Å². The maximum absolute atomic E-state index is 10.7. The lowest BCUT2D eigenvalue weighted by Gasteiger charge is -1.95. The van der Waals surface area contributed by atoms with Crippen LogP contribution in [0.5, 0.6) is 0 Å². The second kappa shape index (κ2) is 3.40. The van der Waals surface area contributed by atoms with Crippen molar-refractivity contribution in [3.05, 3.63) is 32.8 Å². The number of rotatable bonds is 1. The number of carboxylic acid groups (broad SMARTS) is 1. The largest absolute Gasteiger partial charge is 0.477 e. The Labute approximate surface area is 96.4 Å². The Hall–Kier alpha value is -0.810. The van der Waals surface area contributed by atoms with Gasteiger partial charge in [-0.15, -0.1) is 0 Å². The topological polar surface area (TPSA) is 53.1 Å². The van der Waals surface area contributed by atoms with Gasteiger partial charge in [-0.25, -0.2) is 4.79 Å². The molecule has 0 spiro atoms. The predicted octanol–water partition coefficient (Wildman–Crippen LogP) is 3.39. The third-order valence-electron chi connectivity index (χ3n) is 1.89. The Kier molecular flexibility index (Phi) is 2.36. The number of carbonyl (C=O) groups is 1. The van der Waals surface area contributed by atoms with Gasteiger partial charge in [-0.3, -0.25) is 0 Å². The molecule has 0 aliphatic rings. The average molecular weight is 319 g/mol. The molecule has 0 saturated heterocycles. The molecule has 0 aliphatic carbocycles. The van der Waals surface area contributed by atoms with Crippen LogP contribution in [-0.4, -0.2) is 16.1 Å². The molecule has 0 saturated carbocycles. The van der Waals surface area contributed by atoms with Gasteiger partial charge in [0, 0.05) is 19.8 Å². The van der Waals surface area contributed by atoms with Crippen LogP contribution in [0.4, 0.5) is 0 Å². The number of aromatic amines is 1. The van der Waals surface area contributed by atoms with E-state index in [1.807, 2.05) is 12.1 Å². The standard InChI is InChI=1S/C9H5Br2NO2/c10-5-1-4-2-8(9(13)14)12-7(4)3-6(5)11/h1-3,12H,(H,13,14). The minimum absolute atomic E-state index is 0.199. The van der Waals surface area contributed by atoms with Gasteiger partial charge in [0.05, 0.1) is 0 Å². The number of hydrogen-bond acceptors (Lipinski definition) is 1. The fourth-order valence-electron chi connectivity index (χ4n) is 1.24. The van der Waals surface area contributed by atoms with Crippen molar-refractivity contribution in [1.82, 2.24) is 4.98 Å². The summed E-state index contributed by atoms with van der Waals surface area (Å²) in [5.74, 6) is -0.951. The first-order valence-electron chi connectivity index (χ1n) is 3.79. The van der Waals surface area contributed by atoms with Crippen LogP contribution in [0.1, 0.15) is 10.5 Å². The quantitative estimate of drug-likeness (QED) is 0.846. The molecule has 0 aliphatic heterocycles. The summed E-state index contributed by atoms with van der Waals surface area (Å²) in [6.45, 7) is 0. The summed E-state index contributed by atoms with van der Waals surface area (Å²) in [4.78, 5) is 13.5. The molecule has 0 atom stereocenters. The highest BCUT2D eigenvalue weighted by Crippen LogP contribution is 2.28. The van der Waals surface area contributed by atoms with Crippen LogP contribution in [0.15, 0.2) is 27.1 Å². The highest BCUT2D eigenvalue weighted by molar-refractivity contribution is 9.13. The summed E-state index contributed by atoms with van der Waals surface area (Å²) in [6, 6.07) is 5.31. The summed E-state index contributed by atoms with van der Waals surface area (Å²) in [5, 5.41) is 9.64. The van der Waals surface area contributed by atoms with E-state index >= 15 is 0 Å². The monoisotopic (exact) mass is 317 g/mol. The number of carboxylic acids is 1. The molecule has 1 heterocycles. The van der Waals surface area contributed by atoms with Gasteiger partial charge in [0.1, 0.15) is 5.69 Å². The minimum atomic E-state index is -0.951. The van der Waals surface area contributed by atoms with E-state index in [1.54, 1.807) is 6.07 Å². The van der Waals surface area contributed by atoms with Gasteiger partial charge >= 0.3 is 5.97 Å². The number of fused-ring (bicyclic) bond motifs is 1. The fraction of sp³-hybridized carbons (Fsp3) is 0. The van der Waals surface area contributed by atoms with Crippen LogP contribution < -0.4 is 0 Å². The van der Waals surface area contributed by atoms with Gasteiger partial charge in [-0.1, -0.05) is 0 Å². The third-order valence-corrected chi connectivity index (χ3v) is 3.74. The zero-order valence-electron chi connectivity index (χ0n) is 6.84. The number of aromatic nitrogens is 1. The first kappa shape index (κ1) is 9.73. The SMILES string of the molecule is O=C(O)c1cc2cc(Br)c(Br)cc2[nH]1. The van der Waals surface area contributed by atoms with Gasteiger partial charge in [-0.2, -0.15) is 0 Å². The van der Waals surface area contributed by atoms with Crippen molar-refractivity contribution < 1.29 is 9.90 Å². The molecule has 1 aromatic carbocycles. The Balaban J connectivity index is 2.72. The second-order valence-electron chi connectivity index (χ2n) is 2.84. The molecular weight excluding hydrogens is 314 g/mol. The smallest absolute Gasteiger partial charge is 0.352 e. The van der Waals surface area contributed by atoms with Crippen LogP contribution in [-0.2, 0) is 0 Å². The van der Waals surface area contributed by atoms with Crippen LogP contribution in [0.2, 0.25) is 0 Å². The lowest BCUT2D eigenvalue weighted by Crippen LogP contribution is -1.94. The van der Waals surface area contributed by atoms with Crippen molar-refractivity contribution in [2.24, 2.45) is 0 Å². The van der Waals surface area contributed by atoms with E-state index in [9.17, 15) is 4.79 Å². The van der Waals surface area contributed by atoms with E-state index in [1.165, 1.54) is 0 Å². The lowest BCUT2D eigenvalue weighted by molar-refractivity contribution is 0.0691. The number of nitrogens with one attached hydrogen (secondary N) is 1. The van der Waals surface area contributed by atoms with Gasteiger partial charge < -0.3 is 10.1 Å². The predicted molar refractivity (Wildman–Crippen MR) is 60.7 cm³/mol. The maximum atomic E-state index is 10.7. The maximum Gasteiger partial charge on any atom is 0.352 e. The van der Waals surface area contributed by atoms with Gasteiger partial charge in [0.25, 0.3) is 0 Å². The molecule has 0 unspecified atom stereocenters. The number of hydrogen-bond donors (Lipinski definition) is 2. The molecule has 0 fully saturated rings. The summed E-state index contributed by atoms with van der Waals surface area (Å²) in [5.41, 5.74) is 1.00. The molecule has 3 nitrogen and oxygen atoms in total. The third kappa shape index (κ3) is 1.57. The van der Waals surface area contributed by atoms with Crippen molar-refractivity contribution in [2.75, 3.05) is 0 Å². The van der Waals surface area contributed by atoms with Crippen molar-refractivity contribution in [3.8, 4) is 0 Å². The zero-order valence-corrected chi connectivity index (χ0v) is 10.0. The molecule has 0 amide bonds. The molecule has 2 aromatic rings. The van der Waals surface area contributed by atoms with Gasteiger partial charge in [-0.05, 0) is 50.1 Å².